The van der Waals surface area contributed by atoms with Gasteiger partial charge in [0.15, 0.2) is 0 Å². The Bertz CT molecular complexity index is 440. The maximum atomic E-state index is 9.88. The quantitative estimate of drug-likeness (QED) is 0.738. The van der Waals surface area contributed by atoms with E-state index in [1.54, 1.807) is 0 Å². The van der Waals surface area contributed by atoms with Gasteiger partial charge < -0.3 is 15.5 Å². The highest BCUT2D eigenvalue weighted by atomic mass is 16.3. The fourth-order valence-electron chi connectivity index (χ4n) is 2.33. The molecule has 3 nitrogen and oxygen atoms in total. The number of benzene rings is 1. The van der Waals surface area contributed by atoms with E-state index in [4.69, 9.17) is 0 Å². The maximum absolute atomic E-state index is 9.88. The molecule has 2 rings (SSSR count). The van der Waals surface area contributed by atoms with Gasteiger partial charge in [-0.3, -0.25) is 0 Å². The van der Waals surface area contributed by atoms with E-state index in [-0.39, 0.29) is 17.6 Å². The van der Waals surface area contributed by atoms with Crippen molar-refractivity contribution in [1.29, 1.82) is 0 Å². The summed E-state index contributed by atoms with van der Waals surface area (Å²) in [6.07, 6.45) is 0.528. The van der Waals surface area contributed by atoms with Crippen LogP contribution in [0.1, 0.15) is 31.4 Å². The first-order valence-corrected chi connectivity index (χ1v) is 6.08. The Morgan fingerprint density at radius 2 is 1.94 bits per heavy atom. The van der Waals surface area contributed by atoms with E-state index in [1.165, 1.54) is 0 Å². The first-order valence-electron chi connectivity index (χ1n) is 6.08. The van der Waals surface area contributed by atoms with Crippen molar-refractivity contribution < 1.29 is 10.2 Å². The first-order chi connectivity index (χ1) is 7.84. The van der Waals surface area contributed by atoms with Gasteiger partial charge in [-0.2, -0.15) is 0 Å². The third-order valence-electron chi connectivity index (χ3n) is 4.18. The monoisotopic (exact) mass is 235 g/mol. The molecule has 0 saturated heterocycles. The predicted molar refractivity (Wildman–Crippen MR) is 69.4 cm³/mol. The average Bonchev–Trinajstić information content (AvgIpc) is 2.29. The molecule has 1 fully saturated rings. The molecule has 94 valence electrons. The van der Waals surface area contributed by atoms with Gasteiger partial charge in [0.05, 0.1) is 6.10 Å². The number of hydrogen-bond acceptors (Lipinski definition) is 3. The summed E-state index contributed by atoms with van der Waals surface area (Å²) in [5.74, 6) is 0.354. The van der Waals surface area contributed by atoms with Crippen LogP contribution in [0.4, 0.5) is 5.69 Å². The molecule has 2 atom stereocenters. The van der Waals surface area contributed by atoms with Crippen LogP contribution < -0.4 is 5.32 Å². The van der Waals surface area contributed by atoms with Crippen LogP contribution in [0, 0.1) is 19.3 Å². The first kappa shape index (κ1) is 12.2. The van der Waals surface area contributed by atoms with Gasteiger partial charge >= 0.3 is 0 Å². The number of anilines is 1. The molecule has 0 spiro atoms. The van der Waals surface area contributed by atoms with Crippen molar-refractivity contribution in [2.75, 3.05) is 5.32 Å². The van der Waals surface area contributed by atoms with Gasteiger partial charge in [-0.25, -0.2) is 0 Å². The van der Waals surface area contributed by atoms with E-state index >= 15 is 0 Å². The molecular weight excluding hydrogens is 214 g/mol. The molecule has 17 heavy (non-hydrogen) atoms. The molecule has 0 aliphatic heterocycles. The SMILES string of the molecule is Cc1ccc(NC2CC(O)C2(C)C)c(C)c1O. The van der Waals surface area contributed by atoms with E-state index in [1.807, 2.05) is 26.0 Å². The average molecular weight is 235 g/mol. The lowest BCUT2D eigenvalue weighted by atomic mass is 9.64. The van der Waals surface area contributed by atoms with Gasteiger partial charge in [0.25, 0.3) is 0 Å². The van der Waals surface area contributed by atoms with Gasteiger partial charge in [0, 0.05) is 22.7 Å². The Balaban J connectivity index is 2.18. The van der Waals surface area contributed by atoms with E-state index < -0.39 is 0 Å². The number of aryl methyl sites for hydroxylation is 1. The molecule has 1 saturated carbocycles. The number of hydrogen-bond donors (Lipinski definition) is 3. The molecule has 0 amide bonds. The predicted octanol–water partition coefficient (Wildman–Crippen LogP) is 2.58. The van der Waals surface area contributed by atoms with E-state index in [9.17, 15) is 10.2 Å². The van der Waals surface area contributed by atoms with Crippen molar-refractivity contribution in [2.24, 2.45) is 5.41 Å². The fraction of sp³-hybridized carbons (Fsp3) is 0.571. The third kappa shape index (κ3) is 1.89. The molecule has 0 bridgehead atoms. The van der Waals surface area contributed by atoms with Crippen molar-refractivity contribution in [2.45, 2.75) is 46.3 Å². The lowest BCUT2D eigenvalue weighted by molar-refractivity contribution is -0.0510. The van der Waals surface area contributed by atoms with Crippen molar-refractivity contribution in [3.63, 3.8) is 0 Å². The van der Waals surface area contributed by atoms with Crippen LogP contribution in [0.15, 0.2) is 12.1 Å². The van der Waals surface area contributed by atoms with Gasteiger partial charge in [0.2, 0.25) is 0 Å². The summed E-state index contributed by atoms with van der Waals surface area (Å²) in [4.78, 5) is 0. The summed E-state index contributed by atoms with van der Waals surface area (Å²) in [7, 11) is 0. The Hall–Kier alpha value is -1.22. The Morgan fingerprint density at radius 3 is 2.47 bits per heavy atom. The summed E-state index contributed by atoms with van der Waals surface area (Å²) >= 11 is 0. The van der Waals surface area contributed by atoms with Crippen molar-refractivity contribution >= 4 is 5.69 Å². The molecule has 0 aromatic heterocycles. The molecule has 0 heterocycles. The molecule has 1 aromatic rings. The highest BCUT2D eigenvalue weighted by Gasteiger charge is 2.47. The second-order valence-electron chi connectivity index (χ2n) is 5.67. The zero-order chi connectivity index (χ0) is 12.8. The molecule has 3 N–H and O–H groups in total. The van der Waals surface area contributed by atoms with Crippen LogP contribution in [0.3, 0.4) is 0 Å². The Labute approximate surface area is 102 Å². The van der Waals surface area contributed by atoms with E-state index in [2.05, 4.69) is 19.2 Å². The highest BCUT2D eigenvalue weighted by Crippen LogP contribution is 2.43. The second-order valence-corrected chi connectivity index (χ2v) is 5.67. The summed E-state index contributed by atoms with van der Waals surface area (Å²) in [5.41, 5.74) is 2.62. The van der Waals surface area contributed by atoms with Crippen LogP contribution in [-0.2, 0) is 0 Å². The number of phenolic OH excluding ortho intramolecular Hbond substituents is 1. The lowest BCUT2D eigenvalue weighted by Gasteiger charge is -2.50. The number of aliphatic hydroxyl groups excluding tert-OH is 1. The van der Waals surface area contributed by atoms with Crippen molar-refractivity contribution in [3.05, 3.63) is 23.3 Å². The normalized spacial score (nSPS) is 26.4. The zero-order valence-electron chi connectivity index (χ0n) is 10.9. The summed E-state index contributed by atoms with van der Waals surface area (Å²) in [5, 5.41) is 23.0. The van der Waals surface area contributed by atoms with Gasteiger partial charge in [-0.15, -0.1) is 0 Å². The minimum absolute atomic E-state index is 0.104. The Kier molecular flexibility index (Phi) is 2.82. The summed E-state index contributed by atoms with van der Waals surface area (Å²) < 4.78 is 0. The molecule has 0 radical (unpaired) electrons. The highest BCUT2D eigenvalue weighted by molar-refractivity contribution is 5.60. The second kappa shape index (κ2) is 3.91. The van der Waals surface area contributed by atoms with Crippen LogP contribution in [0.2, 0.25) is 0 Å². The van der Waals surface area contributed by atoms with Crippen LogP contribution in [0.5, 0.6) is 5.75 Å². The number of aromatic hydroxyl groups is 1. The molecule has 3 heteroatoms. The maximum Gasteiger partial charge on any atom is 0.123 e. The number of phenols is 1. The smallest absolute Gasteiger partial charge is 0.123 e. The summed E-state index contributed by atoms with van der Waals surface area (Å²) in [6.45, 7) is 7.92. The van der Waals surface area contributed by atoms with Crippen LogP contribution >= 0.6 is 0 Å². The molecule has 1 aliphatic carbocycles. The van der Waals surface area contributed by atoms with E-state index in [0.29, 0.717) is 5.75 Å². The standard InChI is InChI=1S/C14H21NO2/c1-8-5-6-10(9(2)13(8)17)15-11-7-12(16)14(11,3)4/h5-6,11-12,15-17H,7H2,1-4H3. The number of rotatable bonds is 2. The Morgan fingerprint density at radius 1 is 1.29 bits per heavy atom. The third-order valence-corrected chi connectivity index (χ3v) is 4.18. The van der Waals surface area contributed by atoms with Gasteiger partial charge in [0.1, 0.15) is 5.75 Å². The number of aliphatic hydroxyl groups is 1. The lowest BCUT2D eigenvalue weighted by Crippen LogP contribution is -2.56. The summed E-state index contributed by atoms with van der Waals surface area (Å²) in [6, 6.07) is 4.16. The number of nitrogens with one attached hydrogen (secondary N) is 1. The van der Waals surface area contributed by atoms with E-state index in [0.717, 1.165) is 23.2 Å². The minimum Gasteiger partial charge on any atom is -0.507 e. The molecule has 1 aromatic carbocycles. The topological polar surface area (TPSA) is 52.5 Å². The fourth-order valence-corrected chi connectivity index (χ4v) is 2.33. The largest absolute Gasteiger partial charge is 0.507 e. The van der Waals surface area contributed by atoms with Crippen molar-refractivity contribution in [1.82, 2.24) is 0 Å². The minimum atomic E-state index is -0.237. The van der Waals surface area contributed by atoms with Gasteiger partial charge in [-0.1, -0.05) is 19.9 Å². The molecular formula is C14H21NO2. The molecule has 1 aliphatic rings. The van der Waals surface area contributed by atoms with Crippen LogP contribution in [0.25, 0.3) is 0 Å². The zero-order valence-corrected chi connectivity index (χ0v) is 10.9. The van der Waals surface area contributed by atoms with Crippen molar-refractivity contribution in [3.8, 4) is 5.75 Å². The van der Waals surface area contributed by atoms with Gasteiger partial charge in [-0.05, 0) is 31.9 Å². The van der Waals surface area contributed by atoms with Crippen LogP contribution in [-0.4, -0.2) is 22.4 Å². The molecule has 2 unspecified atom stereocenters.